The summed E-state index contributed by atoms with van der Waals surface area (Å²) >= 11 is 1.51. The maximum absolute atomic E-state index is 12.3. The van der Waals surface area contributed by atoms with Gasteiger partial charge in [0.15, 0.2) is 5.78 Å². The molecular formula is C25H26O3S. The van der Waals surface area contributed by atoms with E-state index in [0.29, 0.717) is 12.5 Å². The van der Waals surface area contributed by atoms with Crippen molar-refractivity contribution in [3.63, 3.8) is 0 Å². The summed E-state index contributed by atoms with van der Waals surface area (Å²) in [6.07, 6.45) is 3.44. The van der Waals surface area contributed by atoms with E-state index in [1.165, 1.54) is 16.9 Å². The fraction of sp³-hybridized carbons (Fsp3) is 0.240. The lowest BCUT2D eigenvalue weighted by Gasteiger charge is -2.12. The van der Waals surface area contributed by atoms with Crippen LogP contribution in [0.5, 0.6) is 11.5 Å². The Bertz CT molecular complexity index is 997. The maximum Gasteiger partial charge on any atom is 0.195 e. The number of aryl methyl sites for hydroxylation is 1. The van der Waals surface area contributed by atoms with E-state index in [0.717, 1.165) is 32.4 Å². The lowest BCUT2D eigenvalue weighted by atomic mass is 10.0. The molecule has 3 nitrogen and oxygen atoms in total. The van der Waals surface area contributed by atoms with Crippen molar-refractivity contribution < 1.29 is 14.3 Å². The van der Waals surface area contributed by atoms with Crippen LogP contribution < -0.4 is 9.47 Å². The fourth-order valence-corrected chi connectivity index (χ4v) is 3.73. The smallest absolute Gasteiger partial charge is 0.195 e. The van der Waals surface area contributed by atoms with Crippen molar-refractivity contribution in [1.29, 1.82) is 0 Å². The molecule has 0 saturated heterocycles. The number of carbonyl (C=O) groups is 1. The summed E-state index contributed by atoms with van der Waals surface area (Å²) in [5.74, 6) is 2.09. The highest BCUT2D eigenvalue weighted by Gasteiger charge is 2.07. The van der Waals surface area contributed by atoms with Gasteiger partial charge in [-0.1, -0.05) is 38.1 Å². The Hall–Kier alpha value is -2.85. The molecule has 0 fully saturated rings. The van der Waals surface area contributed by atoms with E-state index in [1.54, 1.807) is 13.2 Å². The van der Waals surface area contributed by atoms with Crippen LogP contribution in [0.4, 0.5) is 0 Å². The third-order valence-corrected chi connectivity index (χ3v) is 5.67. The van der Waals surface area contributed by atoms with E-state index in [9.17, 15) is 4.79 Å². The SMILES string of the molecule is COc1ccc(/C=C/C(=O)c2ccc(C)s2)cc1COc1ccc(C(C)C)cc1. The average Bonchev–Trinajstić information content (AvgIpc) is 3.17. The standard InChI is InChI=1S/C25H26O3S/c1-17(2)20-8-10-22(11-9-20)28-16-21-15-19(7-13-24(21)27-4)6-12-23(26)25-14-5-18(3)29-25/h5-15,17H,16H2,1-4H3/b12-6+. The maximum atomic E-state index is 12.3. The van der Waals surface area contributed by atoms with Gasteiger partial charge in [-0.25, -0.2) is 0 Å². The molecular weight excluding hydrogens is 380 g/mol. The number of rotatable bonds is 8. The highest BCUT2D eigenvalue weighted by molar-refractivity contribution is 7.14. The van der Waals surface area contributed by atoms with Crippen LogP contribution in [0.25, 0.3) is 6.08 Å². The van der Waals surface area contributed by atoms with Crippen LogP contribution in [0.1, 0.15) is 51.0 Å². The molecule has 0 N–H and O–H groups in total. The first kappa shape index (κ1) is 20.9. The van der Waals surface area contributed by atoms with Gasteiger partial charge >= 0.3 is 0 Å². The number of benzene rings is 2. The minimum atomic E-state index is 0.0157. The van der Waals surface area contributed by atoms with E-state index in [2.05, 4.69) is 26.0 Å². The minimum absolute atomic E-state index is 0.0157. The van der Waals surface area contributed by atoms with Gasteiger partial charge < -0.3 is 9.47 Å². The van der Waals surface area contributed by atoms with E-state index in [-0.39, 0.29) is 5.78 Å². The molecule has 0 amide bonds. The molecule has 150 valence electrons. The predicted octanol–water partition coefficient (Wildman–Crippen LogP) is 6.66. The van der Waals surface area contributed by atoms with E-state index < -0.39 is 0 Å². The van der Waals surface area contributed by atoms with E-state index in [1.807, 2.05) is 55.5 Å². The molecule has 0 aliphatic carbocycles. The third kappa shape index (κ3) is 5.58. The predicted molar refractivity (Wildman–Crippen MR) is 120 cm³/mol. The summed E-state index contributed by atoms with van der Waals surface area (Å²) in [7, 11) is 1.65. The van der Waals surface area contributed by atoms with Crippen LogP contribution in [-0.4, -0.2) is 12.9 Å². The van der Waals surface area contributed by atoms with Crippen molar-refractivity contribution >= 4 is 23.2 Å². The zero-order valence-corrected chi connectivity index (χ0v) is 18.1. The largest absolute Gasteiger partial charge is 0.496 e. The molecule has 3 aromatic rings. The van der Waals surface area contributed by atoms with E-state index >= 15 is 0 Å². The highest BCUT2D eigenvalue weighted by Crippen LogP contribution is 2.24. The van der Waals surface area contributed by atoms with Gasteiger partial charge in [0, 0.05) is 10.4 Å². The van der Waals surface area contributed by atoms with Gasteiger partial charge in [0.2, 0.25) is 0 Å². The van der Waals surface area contributed by atoms with Crippen molar-refractivity contribution in [1.82, 2.24) is 0 Å². The topological polar surface area (TPSA) is 35.5 Å². The lowest BCUT2D eigenvalue weighted by molar-refractivity contribution is 0.105. The highest BCUT2D eigenvalue weighted by atomic mass is 32.1. The number of hydrogen-bond acceptors (Lipinski definition) is 4. The Morgan fingerprint density at radius 2 is 1.83 bits per heavy atom. The molecule has 3 rings (SSSR count). The number of thiophene rings is 1. The summed E-state index contributed by atoms with van der Waals surface area (Å²) in [5, 5.41) is 0. The fourth-order valence-electron chi connectivity index (χ4n) is 2.95. The number of ether oxygens (including phenoxy) is 2. The molecule has 0 bridgehead atoms. The second kappa shape index (κ2) is 9.57. The first-order chi connectivity index (χ1) is 14.0. The normalized spacial score (nSPS) is 11.2. The first-order valence-corrected chi connectivity index (χ1v) is 10.5. The van der Waals surface area contributed by atoms with Crippen LogP contribution in [0.15, 0.2) is 60.7 Å². The van der Waals surface area contributed by atoms with Crippen LogP contribution in [-0.2, 0) is 6.61 Å². The van der Waals surface area contributed by atoms with Gasteiger partial charge in [0.05, 0.1) is 12.0 Å². The van der Waals surface area contributed by atoms with Gasteiger partial charge in [0.25, 0.3) is 0 Å². The van der Waals surface area contributed by atoms with Crippen molar-refractivity contribution in [3.8, 4) is 11.5 Å². The van der Waals surface area contributed by atoms with Crippen molar-refractivity contribution in [2.24, 2.45) is 0 Å². The molecule has 4 heteroatoms. The Morgan fingerprint density at radius 1 is 1.07 bits per heavy atom. The van der Waals surface area contributed by atoms with Crippen LogP contribution in [0, 0.1) is 6.92 Å². The average molecular weight is 407 g/mol. The van der Waals surface area contributed by atoms with Crippen molar-refractivity contribution in [2.75, 3.05) is 7.11 Å². The quantitative estimate of drug-likeness (QED) is 0.310. The minimum Gasteiger partial charge on any atom is -0.496 e. The number of allylic oxidation sites excluding steroid dienone is 1. The second-order valence-electron chi connectivity index (χ2n) is 7.19. The van der Waals surface area contributed by atoms with Gasteiger partial charge in [-0.15, -0.1) is 11.3 Å². The number of carbonyl (C=O) groups excluding carboxylic acids is 1. The van der Waals surface area contributed by atoms with Crippen LogP contribution in [0.3, 0.4) is 0 Å². The molecule has 0 atom stereocenters. The summed E-state index contributed by atoms with van der Waals surface area (Å²) in [5.41, 5.74) is 3.15. The molecule has 0 spiro atoms. The second-order valence-corrected chi connectivity index (χ2v) is 8.48. The van der Waals surface area contributed by atoms with Crippen molar-refractivity contribution in [2.45, 2.75) is 33.3 Å². The third-order valence-electron chi connectivity index (χ3n) is 4.66. The molecule has 1 heterocycles. The molecule has 0 aliphatic heterocycles. The summed E-state index contributed by atoms with van der Waals surface area (Å²) < 4.78 is 11.4. The molecule has 1 aromatic heterocycles. The van der Waals surface area contributed by atoms with Crippen LogP contribution >= 0.6 is 11.3 Å². The Balaban J connectivity index is 1.71. The van der Waals surface area contributed by atoms with Crippen molar-refractivity contribution in [3.05, 3.63) is 87.1 Å². The van der Waals surface area contributed by atoms with Gasteiger partial charge in [0.1, 0.15) is 18.1 Å². The Morgan fingerprint density at radius 3 is 2.45 bits per heavy atom. The summed E-state index contributed by atoms with van der Waals surface area (Å²) in [6.45, 7) is 6.73. The molecule has 29 heavy (non-hydrogen) atoms. The number of ketones is 1. The van der Waals surface area contributed by atoms with Gasteiger partial charge in [-0.05, 0) is 66.4 Å². The molecule has 0 unspecified atom stereocenters. The number of hydrogen-bond donors (Lipinski definition) is 0. The molecule has 0 aliphatic rings. The number of methoxy groups -OCH3 is 1. The van der Waals surface area contributed by atoms with Crippen LogP contribution in [0.2, 0.25) is 0 Å². The molecule has 0 radical (unpaired) electrons. The van der Waals surface area contributed by atoms with E-state index in [4.69, 9.17) is 9.47 Å². The molecule has 2 aromatic carbocycles. The lowest BCUT2D eigenvalue weighted by Crippen LogP contribution is -2.00. The zero-order chi connectivity index (χ0) is 20.8. The Kier molecular flexibility index (Phi) is 6.89. The Labute approximate surface area is 176 Å². The first-order valence-electron chi connectivity index (χ1n) is 9.65. The molecule has 0 saturated carbocycles. The summed E-state index contributed by atoms with van der Waals surface area (Å²) in [4.78, 5) is 14.2. The van der Waals surface area contributed by atoms with Gasteiger partial charge in [-0.2, -0.15) is 0 Å². The monoisotopic (exact) mass is 406 g/mol. The summed E-state index contributed by atoms with van der Waals surface area (Å²) in [6, 6.07) is 17.8. The van der Waals surface area contributed by atoms with Gasteiger partial charge in [-0.3, -0.25) is 4.79 Å². The zero-order valence-electron chi connectivity index (χ0n) is 17.3.